The maximum absolute atomic E-state index is 11.8. The molecule has 0 aromatic heterocycles. The third-order valence-corrected chi connectivity index (χ3v) is 3.39. The summed E-state index contributed by atoms with van der Waals surface area (Å²) in [5, 5.41) is 4.08. The number of nitrogens with one attached hydrogen (secondary N) is 1. The molecule has 0 fully saturated rings. The number of hydrogen-bond donors (Lipinski definition) is 1. The Balaban J connectivity index is 1.86. The Hall–Kier alpha value is -2.62. The number of benzene rings is 2. The Morgan fingerprint density at radius 2 is 1.82 bits per heavy atom. The molecular weight excluding hydrogens is 276 g/mol. The summed E-state index contributed by atoms with van der Waals surface area (Å²) >= 11 is 0. The van der Waals surface area contributed by atoms with Gasteiger partial charge >= 0.3 is 0 Å². The predicted octanol–water partition coefficient (Wildman–Crippen LogP) is 3.22. The monoisotopic (exact) mass is 296 g/mol. The lowest BCUT2D eigenvalue weighted by atomic mass is 10.1. The molecule has 2 aromatic carbocycles. The van der Waals surface area contributed by atoms with Crippen LogP contribution in [-0.2, 0) is 4.79 Å². The second-order valence-corrected chi connectivity index (χ2v) is 5.13. The molecule has 0 bridgehead atoms. The normalized spacial score (nSPS) is 11.1. The molecule has 0 aliphatic heterocycles. The molecule has 0 spiro atoms. The van der Waals surface area contributed by atoms with Gasteiger partial charge in [0.25, 0.3) is 5.91 Å². The number of hydrazone groups is 1. The first-order chi connectivity index (χ1) is 10.6. The Labute approximate surface area is 130 Å². The van der Waals surface area contributed by atoms with Crippen LogP contribution in [0, 0.1) is 13.8 Å². The fourth-order valence-electron chi connectivity index (χ4n) is 1.87. The summed E-state index contributed by atoms with van der Waals surface area (Å²) in [6, 6.07) is 15.4. The highest BCUT2D eigenvalue weighted by Gasteiger charge is 2.03. The zero-order chi connectivity index (χ0) is 15.9. The van der Waals surface area contributed by atoms with E-state index in [2.05, 4.69) is 10.5 Å². The molecule has 0 unspecified atom stereocenters. The predicted molar refractivity (Wildman–Crippen MR) is 88.2 cm³/mol. The van der Waals surface area contributed by atoms with Crippen LogP contribution in [0.15, 0.2) is 53.6 Å². The van der Waals surface area contributed by atoms with E-state index in [4.69, 9.17) is 4.74 Å². The summed E-state index contributed by atoms with van der Waals surface area (Å²) in [6.45, 7) is 5.83. The topological polar surface area (TPSA) is 50.7 Å². The number of hydrogen-bond acceptors (Lipinski definition) is 3. The molecule has 4 heteroatoms. The minimum absolute atomic E-state index is 0.0614. The quantitative estimate of drug-likeness (QED) is 0.680. The fraction of sp³-hybridized carbons (Fsp3) is 0.222. The van der Waals surface area contributed by atoms with Crippen LogP contribution >= 0.6 is 0 Å². The maximum Gasteiger partial charge on any atom is 0.277 e. The number of aryl methyl sites for hydroxylation is 2. The van der Waals surface area contributed by atoms with Crippen molar-refractivity contribution in [3.63, 3.8) is 0 Å². The van der Waals surface area contributed by atoms with Crippen molar-refractivity contribution < 1.29 is 9.53 Å². The van der Waals surface area contributed by atoms with E-state index in [9.17, 15) is 4.79 Å². The summed E-state index contributed by atoms with van der Waals surface area (Å²) in [7, 11) is 0. The third-order valence-electron chi connectivity index (χ3n) is 3.39. The van der Waals surface area contributed by atoms with Gasteiger partial charge in [0.15, 0.2) is 6.61 Å². The van der Waals surface area contributed by atoms with Gasteiger partial charge in [-0.05, 0) is 49.6 Å². The minimum atomic E-state index is -0.284. The van der Waals surface area contributed by atoms with Crippen molar-refractivity contribution in [2.75, 3.05) is 6.61 Å². The largest absolute Gasteiger partial charge is 0.484 e. The molecule has 114 valence electrons. The lowest BCUT2D eigenvalue weighted by molar-refractivity contribution is -0.123. The summed E-state index contributed by atoms with van der Waals surface area (Å²) in [4.78, 5) is 11.8. The highest BCUT2D eigenvalue weighted by Crippen LogP contribution is 2.16. The van der Waals surface area contributed by atoms with E-state index in [1.54, 1.807) is 0 Å². The third kappa shape index (κ3) is 4.45. The first kappa shape index (κ1) is 15.8. The number of carbonyl (C=O) groups is 1. The molecule has 2 rings (SSSR count). The van der Waals surface area contributed by atoms with Gasteiger partial charge in [-0.15, -0.1) is 0 Å². The van der Waals surface area contributed by atoms with Crippen molar-refractivity contribution in [1.29, 1.82) is 0 Å². The Bertz CT molecular complexity index is 679. The van der Waals surface area contributed by atoms with Crippen molar-refractivity contribution in [2.45, 2.75) is 20.8 Å². The number of ether oxygens (including phenoxy) is 1. The van der Waals surface area contributed by atoms with Gasteiger partial charge in [-0.2, -0.15) is 5.10 Å². The van der Waals surface area contributed by atoms with E-state index in [0.29, 0.717) is 5.75 Å². The molecule has 0 saturated carbocycles. The summed E-state index contributed by atoms with van der Waals surface area (Å²) in [6.07, 6.45) is 0. The Morgan fingerprint density at radius 1 is 1.09 bits per heavy atom. The van der Waals surface area contributed by atoms with Crippen LogP contribution in [0.4, 0.5) is 0 Å². The van der Waals surface area contributed by atoms with Gasteiger partial charge < -0.3 is 4.74 Å². The van der Waals surface area contributed by atoms with Crippen LogP contribution in [0.3, 0.4) is 0 Å². The molecule has 0 aliphatic rings. The van der Waals surface area contributed by atoms with Gasteiger partial charge in [-0.25, -0.2) is 5.43 Å². The zero-order valence-electron chi connectivity index (χ0n) is 13.1. The van der Waals surface area contributed by atoms with Crippen molar-refractivity contribution in [1.82, 2.24) is 5.43 Å². The van der Waals surface area contributed by atoms with E-state index >= 15 is 0 Å². The van der Waals surface area contributed by atoms with Crippen molar-refractivity contribution in [3.05, 3.63) is 65.2 Å². The lowest BCUT2D eigenvalue weighted by Crippen LogP contribution is -2.25. The summed E-state index contributed by atoms with van der Waals surface area (Å²) in [5.41, 5.74) is 6.55. The Morgan fingerprint density at radius 3 is 2.50 bits per heavy atom. The van der Waals surface area contributed by atoms with Crippen LogP contribution in [0.5, 0.6) is 5.75 Å². The lowest BCUT2D eigenvalue weighted by Gasteiger charge is -2.07. The Kier molecular flexibility index (Phi) is 5.31. The first-order valence-electron chi connectivity index (χ1n) is 7.15. The smallest absolute Gasteiger partial charge is 0.277 e. The molecule has 4 nitrogen and oxygen atoms in total. The molecule has 2 aromatic rings. The van der Waals surface area contributed by atoms with Crippen LogP contribution in [0.2, 0.25) is 0 Å². The number of rotatable bonds is 5. The van der Waals surface area contributed by atoms with Crippen LogP contribution in [0.1, 0.15) is 23.6 Å². The van der Waals surface area contributed by atoms with E-state index in [1.807, 2.05) is 69.3 Å². The number of amides is 1. The SMILES string of the molecule is CC(=NNC(=O)COc1ccc(C)c(C)c1)c1ccccc1. The van der Waals surface area contributed by atoms with Crippen LogP contribution in [0.25, 0.3) is 0 Å². The van der Waals surface area contributed by atoms with Gasteiger partial charge in [0.1, 0.15) is 5.75 Å². The molecule has 1 amide bonds. The van der Waals surface area contributed by atoms with Crippen LogP contribution in [-0.4, -0.2) is 18.2 Å². The van der Waals surface area contributed by atoms with E-state index < -0.39 is 0 Å². The standard InChI is InChI=1S/C18H20N2O2/c1-13-9-10-17(11-14(13)2)22-12-18(21)20-19-15(3)16-7-5-4-6-8-16/h4-11H,12H2,1-3H3,(H,20,21). The van der Waals surface area contributed by atoms with E-state index in [0.717, 1.165) is 16.8 Å². The second kappa shape index (κ2) is 7.41. The van der Waals surface area contributed by atoms with E-state index in [1.165, 1.54) is 5.56 Å². The maximum atomic E-state index is 11.8. The summed E-state index contributed by atoms with van der Waals surface area (Å²) < 4.78 is 5.46. The number of nitrogens with zero attached hydrogens (tertiary/aromatic N) is 1. The average molecular weight is 296 g/mol. The molecule has 0 heterocycles. The highest BCUT2D eigenvalue weighted by atomic mass is 16.5. The van der Waals surface area contributed by atoms with Gasteiger partial charge in [-0.1, -0.05) is 36.4 Å². The molecule has 0 radical (unpaired) electrons. The van der Waals surface area contributed by atoms with Gasteiger partial charge in [0.2, 0.25) is 0 Å². The van der Waals surface area contributed by atoms with Crippen molar-refractivity contribution >= 4 is 11.6 Å². The molecular formula is C18H20N2O2. The molecule has 22 heavy (non-hydrogen) atoms. The zero-order valence-corrected chi connectivity index (χ0v) is 13.1. The van der Waals surface area contributed by atoms with E-state index in [-0.39, 0.29) is 12.5 Å². The average Bonchev–Trinajstić information content (AvgIpc) is 2.54. The molecule has 0 saturated heterocycles. The second-order valence-electron chi connectivity index (χ2n) is 5.13. The molecule has 1 N–H and O–H groups in total. The minimum Gasteiger partial charge on any atom is -0.484 e. The first-order valence-corrected chi connectivity index (χ1v) is 7.15. The van der Waals surface area contributed by atoms with Gasteiger partial charge in [-0.3, -0.25) is 4.79 Å². The van der Waals surface area contributed by atoms with Crippen molar-refractivity contribution in [3.8, 4) is 5.75 Å². The fourth-order valence-corrected chi connectivity index (χ4v) is 1.87. The highest BCUT2D eigenvalue weighted by molar-refractivity contribution is 5.99. The summed E-state index contributed by atoms with van der Waals surface area (Å²) in [5.74, 6) is 0.399. The van der Waals surface area contributed by atoms with Gasteiger partial charge in [0, 0.05) is 0 Å². The molecule has 0 atom stereocenters. The van der Waals surface area contributed by atoms with Crippen molar-refractivity contribution in [2.24, 2.45) is 5.10 Å². The van der Waals surface area contributed by atoms with Gasteiger partial charge in [0.05, 0.1) is 5.71 Å². The molecule has 0 aliphatic carbocycles. The number of carbonyl (C=O) groups excluding carboxylic acids is 1. The van der Waals surface area contributed by atoms with Crippen LogP contribution < -0.4 is 10.2 Å².